The van der Waals surface area contributed by atoms with Crippen molar-refractivity contribution in [2.24, 2.45) is 0 Å². The van der Waals surface area contributed by atoms with E-state index in [4.69, 9.17) is 6.42 Å². The number of hydrogen-bond acceptors (Lipinski definition) is 3. The number of H-pyrrole nitrogens is 1. The molecule has 17 heavy (non-hydrogen) atoms. The van der Waals surface area contributed by atoms with E-state index in [1.165, 1.54) is 0 Å². The predicted octanol–water partition coefficient (Wildman–Crippen LogP) is 1.58. The minimum absolute atomic E-state index is 0.0478. The number of terminal acetylenes is 1. The van der Waals surface area contributed by atoms with Crippen molar-refractivity contribution in [3.8, 4) is 23.6 Å². The Morgan fingerprint density at radius 1 is 1.53 bits per heavy atom. The molecule has 0 saturated carbocycles. The second kappa shape index (κ2) is 5.28. The van der Waals surface area contributed by atoms with E-state index in [0.717, 1.165) is 16.8 Å². The van der Waals surface area contributed by atoms with Crippen molar-refractivity contribution in [1.29, 1.82) is 0 Å². The summed E-state index contributed by atoms with van der Waals surface area (Å²) >= 11 is 0. The van der Waals surface area contributed by atoms with Crippen LogP contribution in [0.3, 0.4) is 0 Å². The molecule has 2 heterocycles. The van der Waals surface area contributed by atoms with Crippen LogP contribution >= 0.6 is 0 Å². The molecule has 0 bridgehead atoms. The molecule has 0 aliphatic carbocycles. The predicted molar refractivity (Wildman–Crippen MR) is 67.0 cm³/mol. The van der Waals surface area contributed by atoms with Gasteiger partial charge in [0, 0.05) is 30.1 Å². The molecule has 4 heteroatoms. The molecule has 2 aromatic rings. The van der Waals surface area contributed by atoms with Gasteiger partial charge in [-0.15, -0.1) is 6.42 Å². The topological polar surface area (TPSA) is 53.6 Å². The van der Waals surface area contributed by atoms with Gasteiger partial charge < -0.3 is 0 Å². The lowest BCUT2D eigenvalue weighted by Gasteiger charge is -2.07. The lowest BCUT2D eigenvalue weighted by atomic mass is 10.1. The van der Waals surface area contributed by atoms with E-state index in [0.29, 0.717) is 6.54 Å². The standard InChI is InChI=1S/C13H14N4/c1-3-10(2)15-8-12-9-16-17-13(12)11-5-4-6-14-7-11/h1,4-7,9-10,15H,8H2,2H3,(H,16,17). The molecule has 0 aliphatic heterocycles. The summed E-state index contributed by atoms with van der Waals surface area (Å²) in [6.07, 6.45) is 10.7. The first-order valence-electron chi connectivity index (χ1n) is 5.43. The second-order valence-corrected chi connectivity index (χ2v) is 3.78. The Hall–Kier alpha value is -2.12. The van der Waals surface area contributed by atoms with Crippen molar-refractivity contribution in [2.75, 3.05) is 0 Å². The zero-order valence-electron chi connectivity index (χ0n) is 9.64. The first-order valence-corrected chi connectivity index (χ1v) is 5.43. The van der Waals surface area contributed by atoms with Crippen molar-refractivity contribution in [3.05, 3.63) is 36.3 Å². The summed E-state index contributed by atoms with van der Waals surface area (Å²) in [5.41, 5.74) is 3.09. The number of pyridine rings is 1. The van der Waals surface area contributed by atoms with Crippen molar-refractivity contribution >= 4 is 0 Å². The van der Waals surface area contributed by atoms with E-state index in [1.807, 2.05) is 25.3 Å². The number of nitrogens with zero attached hydrogens (tertiary/aromatic N) is 2. The van der Waals surface area contributed by atoms with E-state index < -0.39 is 0 Å². The van der Waals surface area contributed by atoms with Crippen LogP contribution in [-0.4, -0.2) is 21.2 Å². The smallest absolute Gasteiger partial charge is 0.0710 e. The molecule has 4 nitrogen and oxygen atoms in total. The molecule has 1 atom stereocenters. The maximum absolute atomic E-state index is 5.31. The Balaban J connectivity index is 2.16. The number of hydrogen-bond donors (Lipinski definition) is 2. The van der Waals surface area contributed by atoms with Crippen LogP contribution in [0.2, 0.25) is 0 Å². The molecule has 86 valence electrons. The van der Waals surface area contributed by atoms with Crippen LogP contribution in [0.25, 0.3) is 11.3 Å². The van der Waals surface area contributed by atoms with Crippen molar-refractivity contribution in [3.63, 3.8) is 0 Å². The Labute approximate surface area is 100 Å². The third-order valence-electron chi connectivity index (χ3n) is 2.52. The summed E-state index contributed by atoms with van der Waals surface area (Å²) in [5.74, 6) is 2.63. The van der Waals surface area contributed by atoms with Gasteiger partial charge in [0.15, 0.2) is 0 Å². The lowest BCUT2D eigenvalue weighted by molar-refractivity contribution is 0.649. The molecule has 0 saturated heterocycles. The minimum Gasteiger partial charge on any atom is -0.300 e. The molecule has 0 spiro atoms. The summed E-state index contributed by atoms with van der Waals surface area (Å²) in [7, 11) is 0. The highest BCUT2D eigenvalue weighted by atomic mass is 15.1. The summed E-state index contributed by atoms with van der Waals surface area (Å²) in [6.45, 7) is 2.63. The molecular formula is C13H14N4. The molecule has 2 aromatic heterocycles. The molecule has 2 rings (SSSR count). The minimum atomic E-state index is 0.0478. The van der Waals surface area contributed by atoms with Crippen LogP contribution in [0.5, 0.6) is 0 Å². The van der Waals surface area contributed by atoms with Gasteiger partial charge in [0.25, 0.3) is 0 Å². The Kier molecular flexibility index (Phi) is 3.53. The highest BCUT2D eigenvalue weighted by molar-refractivity contribution is 5.61. The third-order valence-corrected chi connectivity index (χ3v) is 2.52. The maximum atomic E-state index is 5.31. The van der Waals surface area contributed by atoms with E-state index in [2.05, 4.69) is 26.4 Å². The average molecular weight is 226 g/mol. The Morgan fingerprint density at radius 3 is 3.12 bits per heavy atom. The number of nitrogens with one attached hydrogen (secondary N) is 2. The highest BCUT2D eigenvalue weighted by Crippen LogP contribution is 2.19. The molecule has 0 radical (unpaired) electrons. The van der Waals surface area contributed by atoms with Gasteiger partial charge in [-0.25, -0.2) is 0 Å². The van der Waals surface area contributed by atoms with Crippen LogP contribution in [0.15, 0.2) is 30.7 Å². The summed E-state index contributed by atoms with van der Waals surface area (Å²) in [5, 5.41) is 10.3. The molecule has 0 fully saturated rings. The first kappa shape index (κ1) is 11.4. The van der Waals surface area contributed by atoms with Gasteiger partial charge in [-0.3, -0.25) is 15.4 Å². The average Bonchev–Trinajstić information content (AvgIpc) is 2.85. The highest BCUT2D eigenvalue weighted by Gasteiger charge is 2.07. The summed E-state index contributed by atoms with van der Waals surface area (Å²) in [6, 6.07) is 3.94. The van der Waals surface area contributed by atoms with Crippen LogP contribution < -0.4 is 5.32 Å². The number of rotatable bonds is 4. The quantitative estimate of drug-likeness (QED) is 0.778. The number of aromatic amines is 1. The number of aromatic nitrogens is 3. The molecule has 0 aromatic carbocycles. The van der Waals surface area contributed by atoms with Crippen molar-refractivity contribution in [1.82, 2.24) is 20.5 Å². The van der Waals surface area contributed by atoms with E-state index in [1.54, 1.807) is 12.4 Å². The van der Waals surface area contributed by atoms with Gasteiger partial charge in [-0.2, -0.15) is 5.10 Å². The lowest BCUT2D eigenvalue weighted by Crippen LogP contribution is -2.23. The van der Waals surface area contributed by atoms with E-state index >= 15 is 0 Å². The molecule has 2 N–H and O–H groups in total. The largest absolute Gasteiger partial charge is 0.300 e. The zero-order chi connectivity index (χ0) is 12.1. The van der Waals surface area contributed by atoms with Gasteiger partial charge in [0.05, 0.1) is 17.9 Å². The van der Waals surface area contributed by atoms with Crippen LogP contribution in [0.4, 0.5) is 0 Å². The van der Waals surface area contributed by atoms with Crippen molar-refractivity contribution < 1.29 is 0 Å². The summed E-state index contributed by atoms with van der Waals surface area (Å²) in [4.78, 5) is 4.09. The van der Waals surface area contributed by atoms with Crippen LogP contribution in [-0.2, 0) is 6.54 Å². The van der Waals surface area contributed by atoms with E-state index in [9.17, 15) is 0 Å². The Bertz CT molecular complexity index is 510. The maximum Gasteiger partial charge on any atom is 0.0710 e. The second-order valence-electron chi connectivity index (χ2n) is 3.78. The fraction of sp³-hybridized carbons (Fsp3) is 0.231. The third kappa shape index (κ3) is 2.71. The van der Waals surface area contributed by atoms with Gasteiger partial charge in [-0.1, -0.05) is 5.92 Å². The molecule has 0 amide bonds. The molecule has 1 unspecified atom stereocenters. The Morgan fingerprint density at radius 2 is 2.41 bits per heavy atom. The first-order chi connectivity index (χ1) is 8.31. The monoisotopic (exact) mass is 226 g/mol. The van der Waals surface area contributed by atoms with Gasteiger partial charge in [0.1, 0.15) is 0 Å². The normalized spacial score (nSPS) is 12.0. The SMILES string of the molecule is C#CC(C)NCc1cn[nH]c1-c1cccnc1. The van der Waals surface area contributed by atoms with Gasteiger partial charge in [0.2, 0.25) is 0 Å². The van der Waals surface area contributed by atoms with Crippen LogP contribution in [0, 0.1) is 12.3 Å². The molecular weight excluding hydrogens is 212 g/mol. The van der Waals surface area contributed by atoms with Gasteiger partial charge >= 0.3 is 0 Å². The fourth-order valence-corrected chi connectivity index (χ4v) is 1.53. The van der Waals surface area contributed by atoms with Crippen LogP contribution in [0.1, 0.15) is 12.5 Å². The van der Waals surface area contributed by atoms with E-state index in [-0.39, 0.29) is 6.04 Å². The fourth-order valence-electron chi connectivity index (χ4n) is 1.53. The van der Waals surface area contributed by atoms with Gasteiger partial charge in [-0.05, 0) is 19.1 Å². The zero-order valence-corrected chi connectivity index (χ0v) is 9.64. The summed E-state index contributed by atoms with van der Waals surface area (Å²) < 4.78 is 0. The van der Waals surface area contributed by atoms with Crippen molar-refractivity contribution in [2.45, 2.75) is 19.5 Å². The molecule has 0 aliphatic rings.